The summed E-state index contributed by atoms with van der Waals surface area (Å²) < 4.78 is 0.984. The van der Waals surface area contributed by atoms with E-state index in [4.69, 9.17) is 5.73 Å². The van der Waals surface area contributed by atoms with E-state index in [1.165, 1.54) is 24.2 Å². The standard InChI is InChI=1S/C14H17N3OS/c15-12-10-5-6-16-9-11(10)19-13(12)14(18)17-7-3-1-2-4-8-17/h5-6,9H,1-4,7-8,15H2. The molecule has 3 heterocycles. The molecule has 3 rings (SSSR count). The average Bonchev–Trinajstić information content (AvgIpc) is 2.64. The first-order valence-corrected chi connectivity index (χ1v) is 7.50. The van der Waals surface area contributed by atoms with Crippen molar-refractivity contribution in [3.8, 4) is 0 Å². The van der Waals surface area contributed by atoms with Gasteiger partial charge in [0.05, 0.1) is 10.4 Å². The lowest BCUT2D eigenvalue weighted by Crippen LogP contribution is -2.31. The number of amides is 1. The number of hydrogen-bond donors (Lipinski definition) is 1. The molecule has 0 spiro atoms. The van der Waals surface area contributed by atoms with E-state index in [0.29, 0.717) is 10.6 Å². The zero-order valence-electron chi connectivity index (χ0n) is 10.8. The Morgan fingerprint density at radius 3 is 2.68 bits per heavy atom. The number of nitrogen functional groups attached to an aromatic ring is 1. The fourth-order valence-corrected chi connectivity index (χ4v) is 3.61. The first kappa shape index (κ1) is 12.4. The predicted octanol–water partition coefficient (Wildman–Crippen LogP) is 2.89. The van der Waals surface area contributed by atoms with E-state index >= 15 is 0 Å². The van der Waals surface area contributed by atoms with Gasteiger partial charge >= 0.3 is 0 Å². The summed E-state index contributed by atoms with van der Waals surface area (Å²) >= 11 is 1.45. The summed E-state index contributed by atoms with van der Waals surface area (Å²) in [5.74, 6) is 0.0839. The number of hydrogen-bond acceptors (Lipinski definition) is 4. The molecule has 1 aliphatic rings. The van der Waals surface area contributed by atoms with Crippen LogP contribution in [0, 0.1) is 0 Å². The van der Waals surface area contributed by atoms with Gasteiger partial charge in [-0.1, -0.05) is 12.8 Å². The van der Waals surface area contributed by atoms with Gasteiger partial charge in [0, 0.05) is 30.9 Å². The number of rotatable bonds is 1. The highest BCUT2D eigenvalue weighted by Gasteiger charge is 2.22. The summed E-state index contributed by atoms with van der Waals surface area (Å²) in [6.07, 6.45) is 8.11. The number of pyridine rings is 1. The molecule has 1 aliphatic heterocycles. The molecule has 4 nitrogen and oxygen atoms in total. The Morgan fingerprint density at radius 2 is 2.00 bits per heavy atom. The van der Waals surface area contributed by atoms with Gasteiger partial charge in [-0.3, -0.25) is 9.78 Å². The van der Waals surface area contributed by atoms with E-state index in [-0.39, 0.29) is 5.91 Å². The molecule has 1 amide bonds. The number of carbonyl (C=O) groups is 1. The van der Waals surface area contributed by atoms with Crippen LogP contribution in [0.2, 0.25) is 0 Å². The molecule has 0 aromatic carbocycles. The van der Waals surface area contributed by atoms with Crippen LogP contribution in [0.5, 0.6) is 0 Å². The van der Waals surface area contributed by atoms with Crippen LogP contribution in [-0.2, 0) is 0 Å². The lowest BCUT2D eigenvalue weighted by Gasteiger charge is -2.19. The molecule has 2 aromatic rings. The molecule has 5 heteroatoms. The van der Waals surface area contributed by atoms with Crippen LogP contribution in [0.1, 0.15) is 35.4 Å². The van der Waals surface area contributed by atoms with Crippen molar-refractivity contribution >= 4 is 33.0 Å². The molecule has 19 heavy (non-hydrogen) atoms. The summed E-state index contributed by atoms with van der Waals surface area (Å²) in [4.78, 5) is 19.3. The molecule has 0 atom stereocenters. The van der Waals surface area contributed by atoms with E-state index in [2.05, 4.69) is 4.98 Å². The van der Waals surface area contributed by atoms with Gasteiger partial charge in [-0.2, -0.15) is 0 Å². The van der Waals surface area contributed by atoms with Crippen LogP contribution in [-0.4, -0.2) is 28.9 Å². The smallest absolute Gasteiger partial charge is 0.266 e. The van der Waals surface area contributed by atoms with Crippen molar-refractivity contribution in [2.75, 3.05) is 18.8 Å². The molecule has 0 aliphatic carbocycles. The van der Waals surface area contributed by atoms with E-state index in [9.17, 15) is 4.79 Å². The van der Waals surface area contributed by atoms with Crippen molar-refractivity contribution in [1.82, 2.24) is 9.88 Å². The monoisotopic (exact) mass is 275 g/mol. The zero-order chi connectivity index (χ0) is 13.2. The Hall–Kier alpha value is -1.62. The van der Waals surface area contributed by atoms with Gasteiger partial charge in [0.15, 0.2) is 0 Å². The van der Waals surface area contributed by atoms with Gasteiger partial charge in [0.2, 0.25) is 0 Å². The molecule has 0 radical (unpaired) electrons. The minimum Gasteiger partial charge on any atom is -0.397 e. The second-order valence-corrected chi connectivity index (χ2v) is 5.98. The first-order chi connectivity index (χ1) is 9.27. The number of aromatic nitrogens is 1. The van der Waals surface area contributed by atoms with Crippen molar-refractivity contribution in [2.45, 2.75) is 25.7 Å². The number of likely N-dealkylation sites (tertiary alicyclic amines) is 1. The molecular formula is C14H17N3OS. The van der Waals surface area contributed by atoms with Crippen LogP contribution >= 0.6 is 11.3 Å². The van der Waals surface area contributed by atoms with Crippen molar-refractivity contribution in [3.05, 3.63) is 23.3 Å². The second-order valence-electron chi connectivity index (χ2n) is 4.92. The highest BCUT2D eigenvalue weighted by atomic mass is 32.1. The molecule has 1 saturated heterocycles. The quantitative estimate of drug-likeness (QED) is 0.870. The highest BCUT2D eigenvalue weighted by molar-refractivity contribution is 7.21. The normalized spacial score (nSPS) is 16.5. The number of fused-ring (bicyclic) bond motifs is 1. The third kappa shape index (κ3) is 2.30. The first-order valence-electron chi connectivity index (χ1n) is 6.68. The highest BCUT2D eigenvalue weighted by Crippen LogP contribution is 2.34. The van der Waals surface area contributed by atoms with Crippen LogP contribution in [0.3, 0.4) is 0 Å². The third-order valence-corrected chi connectivity index (χ3v) is 4.76. The van der Waals surface area contributed by atoms with Crippen LogP contribution in [0.4, 0.5) is 5.69 Å². The van der Waals surface area contributed by atoms with Crippen molar-refractivity contribution < 1.29 is 4.79 Å². The maximum Gasteiger partial charge on any atom is 0.266 e. The van der Waals surface area contributed by atoms with Gasteiger partial charge in [0.1, 0.15) is 4.88 Å². The number of thiophene rings is 1. The number of anilines is 1. The molecule has 2 N–H and O–H groups in total. The largest absolute Gasteiger partial charge is 0.397 e. The molecule has 0 saturated carbocycles. The molecular weight excluding hydrogens is 258 g/mol. The van der Waals surface area contributed by atoms with Gasteiger partial charge < -0.3 is 10.6 Å². The van der Waals surface area contributed by atoms with Crippen molar-refractivity contribution in [1.29, 1.82) is 0 Å². The Bertz CT molecular complexity index is 600. The lowest BCUT2D eigenvalue weighted by molar-refractivity contribution is 0.0767. The van der Waals surface area contributed by atoms with Crippen molar-refractivity contribution in [2.24, 2.45) is 0 Å². The van der Waals surface area contributed by atoms with Crippen molar-refractivity contribution in [3.63, 3.8) is 0 Å². The second kappa shape index (κ2) is 5.17. The Balaban J connectivity index is 1.94. The Morgan fingerprint density at radius 1 is 1.26 bits per heavy atom. The maximum absolute atomic E-state index is 12.6. The molecule has 0 unspecified atom stereocenters. The van der Waals surface area contributed by atoms with Gasteiger partial charge in [-0.05, 0) is 18.9 Å². The number of carbonyl (C=O) groups excluding carboxylic acids is 1. The molecule has 100 valence electrons. The SMILES string of the molecule is Nc1c(C(=O)N2CCCCCC2)sc2cnccc12. The molecule has 1 fully saturated rings. The Labute approximate surface area is 116 Å². The van der Waals surface area contributed by atoms with Gasteiger partial charge in [-0.15, -0.1) is 11.3 Å². The van der Waals surface area contributed by atoms with Gasteiger partial charge in [-0.25, -0.2) is 0 Å². The topological polar surface area (TPSA) is 59.2 Å². The number of nitrogens with zero attached hydrogens (tertiary/aromatic N) is 2. The van der Waals surface area contributed by atoms with E-state index in [0.717, 1.165) is 36.0 Å². The zero-order valence-corrected chi connectivity index (χ0v) is 11.6. The average molecular weight is 275 g/mol. The summed E-state index contributed by atoms with van der Waals surface area (Å²) in [7, 11) is 0. The fraction of sp³-hybridized carbons (Fsp3) is 0.429. The summed E-state index contributed by atoms with van der Waals surface area (Å²) in [6, 6.07) is 1.88. The van der Waals surface area contributed by atoms with E-state index in [1.807, 2.05) is 11.0 Å². The molecule has 0 bridgehead atoms. The maximum atomic E-state index is 12.6. The minimum atomic E-state index is 0.0839. The molecule has 2 aromatic heterocycles. The summed E-state index contributed by atoms with van der Waals surface area (Å²) in [6.45, 7) is 1.70. The van der Waals surface area contributed by atoms with E-state index < -0.39 is 0 Å². The Kier molecular flexibility index (Phi) is 3.38. The van der Waals surface area contributed by atoms with Crippen LogP contribution < -0.4 is 5.73 Å². The fourth-order valence-electron chi connectivity index (χ4n) is 2.55. The summed E-state index contributed by atoms with van der Waals surface area (Å²) in [5.41, 5.74) is 6.73. The summed E-state index contributed by atoms with van der Waals surface area (Å²) in [5, 5.41) is 0.943. The third-order valence-electron chi connectivity index (χ3n) is 3.62. The minimum absolute atomic E-state index is 0.0839. The number of nitrogens with two attached hydrogens (primary N) is 1. The predicted molar refractivity (Wildman–Crippen MR) is 78.4 cm³/mol. The lowest BCUT2D eigenvalue weighted by atomic mass is 10.2. The van der Waals surface area contributed by atoms with Crippen LogP contribution in [0.25, 0.3) is 10.1 Å². The van der Waals surface area contributed by atoms with Gasteiger partial charge in [0.25, 0.3) is 5.91 Å². The van der Waals surface area contributed by atoms with Crippen LogP contribution in [0.15, 0.2) is 18.5 Å². The van der Waals surface area contributed by atoms with E-state index in [1.54, 1.807) is 12.4 Å².